The molecule has 0 aliphatic carbocycles. The standard InChI is InChI=1S/C18H19N3O2S/c1-12-4-3-5-13(2)17(12)20-18(24)21-19-11-14-6-7-15-16(10-14)23-9-8-22-15/h3-7,10-11H,8-9H2,1-2H3,(H2,20,21,24)/b19-11-. The van der Waals surface area contributed by atoms with E-state index in [1.807, 2.05) is 50.2 Å². The second-order valence-corrected chi connectivity index (χ2v) is 5.90. The number of ether oxygens (including phenoxy) is 2. The second-order valence-electron chi connectivity index (χ2n) is 5.49. The van der Waals surface area contributed by atoms with Crippen LogP contribution in [0.25, 0.3) is 0 Å². The predicted molar refractivity (Wildman–Crippen MR) is 100 cm³/mol. The highest BCUT2D eigenvalue weighted by Gasteiger charge is 2.10. The number of thiocarbonyl (C=S) groups is 1. The molecule has 1 heterocycles. The van der Waals surface area contributed by atoms with Gasteiger partial charge < -0.3 is 14.8 Å². The summed E-state index contributed by atoms with van der Waals surface area (Å²) < 4.78 is 11.0. The van der Waals surface area contributed by atoms with Gasteiger partial charge in [0.25, 0.3) is 0 Å². The van der Waals surface area contributed by atoms with Crippen LogP contribution in [0.3, 0.4) is 0 Å². The van der Waals surface area contributed by atoms with Crippen LogP contribution in [0.5, 0.6) is 11.5 Å². The first kappa shape index (κ1) is 16.3. The number of benzene rings is 2. The monoisotopic (exact) mass is 341 g/mol. The summed E-state index contributed by atoms with van der Waals surface area (Å²) in [4.78, 5) is 0. The fourth-order valence-corrected chi connectivity index (χ4v) is 2.61. The zero-order valence-corrected chi connectivity index (χ0v) is 14.4. The van der Waals surface area contributed by atoms with Crippen molar-refractivity contribution < 1.29 is 9.47 Å². The molecule has 0 saturated carbocycles. The van der Waals surface area contributed by atoms with Crippen LogP contribution in [0.4, 0.5) is 5.69 Å². The molecule has 5 nitrogen and oxygen atoms in total. The smallest absolute Gasteiger partial charge is 0.191 e. The molecule has 0 saturated heterocycles. The third-order valence-corrected chi connectivity index (χ3v) is 3.86. The number of nitrogens with zero attached hydrogens (tertiary/aromatic N) is 1. The van der Waals surface area contributed by atoms with Gasteiger partial charge in [-0.2, -0.15) is 5.10 Å². The summed E-state index contributed by atoms with van der Waals surface area (Å²) in [7, 11) is 0. The van der Waals surface area contributed by atoms with Crippen molar-refractivity contribution in [2.24, 2.45) is 5.10 Å². The number of nitrogens with one attached hydrogen (secondary N) is 2. The number of aryl methyl sites for hydroxylation is 2. The van der Waals surface area contributed by atoms with E-state index in [2.05, 4.69) is 15.8 Å². The summed E-state index contributed by atoms with van der Waals surface area (Å²) >= 11 is 5.29. The Morgan fingerprint density at radius 1 is 1.08 bits per heavy atom. The molecule has 1 aliphatic rings. The Morgan fingerprint density at radius 2 is 1.79 bits per heavy atom. The average molecular weight is 341 g/mol. The molecule has 3 rings (SSSR count). The molecule has 2 N–H and O–H groups in total. The van der Waals surface area contributed by atoms with Gasteiger partial charge in [0.05, 0.1) is 6.21 Å². The van der Waals surface area contributed by atoms with Gasteiger partial charge in [-0.15, -0.1) is 0 Å². The van der Waals surface area contributed by atoms with Crippen molar-refractivity contribution in [3.63, 3.8) is 0 Å². The number of anilines is 1. The maximum Gasteiger partial charge on any atom is 0.191 e. The lowest BCUT2D eigenvalue weighted by atomic mass is 10.1. The van der Waals surface area contributed by atoms with Gasteiger partial charge in [-0.1, -0.05) is 18.2 Å². The first-order chi connectivity index (χ1) is 11.6. The Bertz CT molecular complexity index is 770. The van der Waals surface area contributed by atoms with E-state index >= 15 is 0 Å². The van der Waals surface area contributed by atoms with Gasteiger partial charge >= 0.3 is 0 Å². The van der Waals surface area contributed by atoms with E-state index in [4.69, 9.17) is 21.7 Å². The maximum absolute atomic E-state index is 5.55. The lowest BCUT2D eigenvalue weighted by molar-refractivity contribution is 0.171. The van der Waals surface area contributed by atoms with Gasteiger partial charge in [0.15, 0.2) is 16.6 Å². The van der Waals surface area contributed by atoms with E-state index in [0.717, 1.165) is 33.9 Å². The van der Waals surface area contributed by atoms with Gasteiger partial charge in [-0.05, 0) is 61.0 Å². The summed E-state index contributed by atoms with van der Waals surface area (Å²) in [6.45, 7) is 5.22. The van der Waals surface area contributed by atoms with Crippen LogP contribution in [-0.2, 0) is 0 Å². The zero-order valence-electron chi connectivity index (χ0n) is 13.6. The minimum absolute atomic E-state index is 0.446. The molecule has 0 fully saturated rings. The van der Waals surface area contributed by atoms with Gasteiger partial charge in [-0.25, -0.2) is 0 Å². The van der Waals surface area contributed by atoms with Crippen molar-refractivity contribution in [3.05, 3.63) is 53.1 Å². The van der Waals surface area contributed by atoms with Crippen LogP contribution in [0.15, 0.2) is 41.5 Å². The Kier molecular flexibility index (Phi) is 4.96. The van der Waals surface area contributed by atoms with Gasteiger partial charge in [0.1, 0.15) is 13.2 Å². The van der Waals surface area contributed by atoms with Crippen LogP contribution < -0.4 is 20.2 Å². The van der Waals surface area contributed by atoms with E-state index in [0.29, 0.717) is 18.3 Å². The van der Waals surface area contributed by atoms with Gasteiger partial charge in [0, 0.05) is 5.69 Å². The van der Waals surface area contributed by atoms with Crippen LogP contribution >= 0.6 is 12.2 Å². The third kappa shape index (κ3) is 3.83. The van der Waals surface area contributed by atoms with Crippen LogP contribution in [0.2, 0.25) is 0 Å². The fraction of sp³-hybridized carbons (Fsp3) is 0.222. The summed E-state index contributed by atoms with van der Waals surface area (Å²) in [6, 6.07) is 11.8. The SMILES string of the molecule is Cc1cccc(C)c1NC(=S)N/N=C\c1ccc2c(c1)OCCO2. The van der Waals surface area contributed by atoms with E-state index in [-0.39, 0.29) is 0 Å². The molecule has 0 aromatic heterocycles. The van der Waals surface area contributed by atoms with Crippen molar-refractivity contribution in [1.82, 2.24) is 5.43 Å². The molecule has 6 heteroatoms. The summed E-state index contributed by atoms with van der Waals surface area (Å²) in [5, 5.41) is 7.79. The van der Waals surface area contributed by atoms with Gasteiger partial charge in [-0.3, -0.25) is 5.43 Å². The third-order valence-electron chi connectivity index (χ3n) is 3.67. The van der Waals surface area contributed by atoms with Crippen LogP contribution in [0.1, 0.15) is 16.7 Å². The van der Waals surface area contributed by atoms with Crippen molar-refractivity contribution in [1.29, 1.82) is 0 Å². The highest BCUT2D eigenvalue weighted by atomic mass is 32.1. The van der Waals surface area contributed by atoms with E-state index in [1.54, 1.807) is 6.21 Å². The molecule has 2 aromatic carbocycles. The van der Waals surface area contributed by atoms with E-state index in [9.17, 15) is 0 Å². The first-order valence-corrected chi connectivity index (χ1v) is 8.10. The van der Waals surface area contributed by atoms with Crippen molar-refractivity contribution in [2.45, 2.75) is 13.8 Å². The number of para-hydroxylation sites is 1. The molecular formula is C18H19N3O2S. The zero-order chi connectivity index (χ0) is 16.9. The van der Waals surface area contributed by atoms with Crippen molar-refractivity contribution >= 4 is 29.2 Å². The van der Waals surface area contributed by atoms with E-state index in [1.165, 1.54) is 0 Å². The molecule has 0 amide bonds. The minimum atomic E-state index is 0.446. The number of hydrazone groups is 1. The minimum Gasteiger partial charge on any atom is -0.486 e. The molecule has 0 radical (unpaired) electrons. The molecular weight excluding hydrogens is 322 g/mol. The summed E-state index contributed by atoms with van der Waals surface area (Å²) in [5.41, 5.74) is 7.01. The Balaban J connectivity index is 1.61. The van der Waals surface area contributed by atoms with Crippen LogP contribution in [-0.4, -0.2) is 24.5 Å². The number of hydrogen-bond acceptors (Lipinski definition) is 4. The van der Waals surface area contributed by atoms with Crippen LogP contribution in [0, 0.1) is 13.8 Å². The Morgan fingerprint density at radius 3 is 2.54 bits per heavy atom. The van der Waals surface area contributed by atoms with Crippen molar-refractivity contribution in [3.8, 4) is 11.5 Å². The Hall–Kier alpha value is -2.60. The highest BCUT2D eigenvalue weighted by Crippen LogP contribution is 2.30. The Labute approximate surface area is 146 Å². The quantitative estimate of drug-likeness (QED) is 0.509. The average Bonchev–Trinajstić information content (AvgIpc) is 2.58. The normalized spacial score (nSPS) is 12.9. The molecule has 1 aliphatic heterocycles. The number of fused-ring (bicyclic) bond motifs is 1. The molecule has 0 unspecified atom stereocenters. The number of hydrogen-bond donors (Lipinski definition) is 2. The fourth-order valence-electron chi connectivity index (χ4n) is 2.46. The maximum atomic E-state index is 5.55. The summed E-state index contributed by atoms with van der Waals surface area (Å²) in [5.74, 6) is 1.50. The van der Waals surface area contributed by atoms with Gasteiger partial charge in [0.2, 0.25) is 0 Å². The lowest BCUT2D eigenvalue weighted by Gasteiger charge is -2.18. The molecule has 0 spiro atoms. The molecule has 24 heavy (non-hydrogen) atoms. The second kappa shape index (κ2) is 7.31. The number of rotatable bonds is 3. The predicted octanol–water partition coefficient (Wildman–Crippen LogP) is 3.40. The van der Waals surface area contributed by atoms with E-state index < -0.39 is 0 Å². The molecule has 0 atom stereocenters. The molecule has 0 bridgehead atoms. The summed E-state index contributed by atoms with van der Waals surface area (Å²) in [6.07, 6.45) is 1.69. The van der Waals surface area contributed by atoms with Crippen molar-refractivity contribution in [2.75, 3.05) is 18.5 Å². The molecule has 124 valence electrons. The topological polar surface area (TPSA) is 54.9 Å². The first-order valence-electron chi connectivity index (χ1n) is 7.69. The largest absolute Gasteiger partial charge is 0.486 e. The lowest BCUT2D eigenvalue weighted by Crippen LogP contribution is -2.24. The highest BCUT2D eigenvalue weighted by molar-refractivity contribution is 7.80. The molecule has 2 aromatic rings.